The second-order valence-electron chi connectivity index (χ2n) is 2.55. The van der Waals surface area contributed by atoms with E-state index in [0.717, 1.165) is 0 Å². The van der Waals surface area contributed by atoms with Crippen LogP contribution in [-0.2, 0) is 0 Å². The Hall–Kier alpha value is -1.29. The van der Waals surface area contributed by atoms with E-state index < -0.39 is 0 Å². The van der Waals surface area contributed by atoms with Crippen molar-refractivity contribution in [3.05, 3.63) is 11.1 Å². The van der Waals surface area contributed by atoms with Gasteiger partial charge in [-0.1, -0.05) is 11.6 Å². The summed E-state index contributed by atoms with van der Waals surface area (Å²) in [6.45, 7) is 0. The summed E-state index contributed by atoms with van der Waals surface area (Å²) in [5.74, 6) is 1.24. The molecule has 14 heavy (non-hydrogen) atoms. The second kappa shape index (κ2) is 4.28. The molecule has 0 saturated heterocycles. The second-order valence-corrected chi connectivity index (χ2v) is 2.95. The molecule has 0 fully saturated rings. The maximum Gasteiger partial charge on any atom is 0.207 e. The molecule has 0 aliphatic rings. The molecule has 4 nitrogen and oxygen atoms in total. The van der Waals surface area contributed by atoms with Crippen molar-refractivity contribution < 1.29 is 14.2 Å². The van der Waals surface area contributed by atoms with Gasteiger partial charge in [0.25, 0.3) is 0 Å². The predicted molar refractivity (Wildman–Crippen MR) is 55.5 cm³/mol. The van der Waals surface area contributed by atoms with Crippen LogP contribution in [0.5, 0.6) is 17.2 Å². The molecule has 0 aliphatic heterocycles. The van der Waals surface area contributed by atoms with Crippen LogP contribution in [0.1, 0.15) is 0 Å². The number of benzene rings is 1. The van der Waals surface area contributed by atoms with Gasteiger partial charge in [0.1, 0.15) is 0 Å². The van der Waals surface area contributed by atoms with Crippen molar-refractivity contribution in [1.29, 1.82) is 0 Å². The van der Waals surface area contributed by atoms with Crippen LogP contribution in [0.2, 0.25) is 5.02 Å². The van der Waals surface area contributed by atoms with Gasteiger partial charge in [0.05, 0.1) is 32.0 Å². The van der Waals surface area contributed by atoms with E-state index in [9.17, 15) is 0 Å². The first kappa shape index (κ1) is 10.8. The molecule has 1 aromatic rings. The van der Waals surface area contributed by atoms with Gasteiger partial charge in [-0.3, -0.25) is 0 Å². The van der Waals surface area contributed by atoms with Crippen molar-refractivity contribution in [3.8, 4) is 17.2 Å². The van der Waals surface area contributed by atoms with Crippen LogP contribution < -0.4 is 19.9 Å². The topological polar surface area (TPSA) is 53.7 Å². The number of nitrogens with two attached hydrogens (primary N) is 1. The lowest BCUT2D eigenvalue weighted by Gasteiger charge is -2.14. The summed E-state index contributed by atoms with van der Waals surface area (Å²) in [7, 11) is 4.50. The standard InChI is InChI=1S/C9H12ClNO3/c1-12-7-5(10)4-6(11)8(13-2)9(7)14-3/h4H,11H2,1-3H3. The Morgan fingerprint density at radius 1 is 1.00 bits per heavy atom. The molecule has 5 heteroatoms. The third-order valence-corrected chi connectivity index (χ3v) is 2.07. The van der Waals surface area contributed by atoms with E-state index in [1.807, 2.05) is 0 Å². The minimum absolute atomic E-state index is 0.391. The first-order valence-corrected chi connectivity index (χ1v) is 4.27. The fourth-order valence-electron chi connectivity index (χ4n) is 1.20. The number of anilines is 1. The van der Waals surface area contributed by atoms with Gasteiger partial charge < -0.3 is 19.9 Å². The summed E-state index contributed by atoms with van der Waals surface area (Å²) in [4.78, 5) is 0. The Bertz CT molecular complexity index is 313. The van der Waals surface area contributed by atoms with Crippen LogP contribution >= 0.6 is 11.6 Å². The molecule has 0 aromatic heterocycles. The number of nitrogen functional groups attached to an aromatic ring is 1. The largest absolute Gasteiger partial charge is 0.491 e. The first-order valence-electron chi connectivity index (χ1n) is 3.89. The molecule has 0 atom stereocenters. The minimum Gasteiger partial charge on any atom is -0.491 e. The number of hydrogen-bond donors (Lipinski definition) is 1. The lowest BCUT2D eigenvalue weighted by Crippen LogP contribution is -1.99. The van der Waals surface area contributed by atoms with Crippen molar-refractivity contribution in [3.63, 3.8) is 0 Å². The van der Waals surface area contributed by atoms with E-state index in [4.69, 9.17) is 31.5 Å². The van der Waals surface area contributed by atoms with Crippen LogP contribution in [0.15, 0.2) is 6.07 Å². The van der Waals surface area contributed by atoms with Crippen LogP contribution in [0.4, 0.5) is 5.69 Å². The molecule has 1 aromatic carbocycles. The van der Waals surface area contributed by atoms with Crippen LogP contribution in [0.3, 0.4) is 0 Å². The van der Waals surface area contributed by atoms with E-state index in [2.05, 4.69) is 0 Å². The van der Waals surface area contributed by atoms with Crippen LogP contribution in [0, 0.1) is 0 Å². The zero-order valence-corrected chi connectivity index (χ0v) is 9.01. The molecule has 1 rings (SSSR count). The molecule has 78 valence electrons. The van der Waals surface area contributed by atoms with Crippen molar-refractivity contribution in [1.82, 2.24) is 0 Å². The van der Waals surface area contributed by atoms with E-state index in [1.165, 1.54) is 21.3 Å². The third kappa shape index (κ3) is 1.65. The highest BCUT2D eigenvalue weighted by molar-refractivity contribution is 6.32. The molecule has 0 spiro atoms. The lowest BCUT2D eigenvalue weighted by molar-refractivity contribution is 0.325. The normalized spacial score (nSPS) is 9.71. The summed E-state index contributed by atoms with van der Waals surface area (Å²) >= 11 is 5.90. The van der Waals surface area contributed by atoms with Gasteiger partial charge >= 0.3 is 0 Å². The maximum absolute atomic E-state index is 5.90. The molecule has 0 radical (unpaired) electrons. The van der Waals surface area contributed by atoms with E-state index in [1.54, 1.807) is 6.07 Å². The number of hydrogen-bond acceptors (Lipinski definition) is 4. The number of halogens is 1. The zero-order valence-electron chi connectivity index (χ0n) is 8.26. The summed E-state index contributed by atoms with van der Waals surface area (Å²) < 4.78 is 15.3. The average molecular weight is 218 g/mol. The fourth-order valence-corrected chi connectivity index (χ4v) is 1.48. The summed E-state index contributed by atoms with van der Waals surface area (Å²) in [6, 6.07) is 1.56. The van der Waals surface area contributed by atoms with Crippen molar-refractivity contribution in [2.24, 2.45) is 0 Å². The van der Waals surface area contributed by atoms with E-state index in [-0.39, 0.29) is 0 Å². The van der Waals surface area contributed by atoms with Crippen molar-refractivity contribution in [2.45, 2.75) is 0 Å². The van der Waals surface area contributed by atoms with Gasteiger partial charge in [-0.25, -0.2) is 0 Å². The predicted octanol–water partition coefficient (Wildman–Crippen LogP) is 1.95. The Balaban J connectivity index is 3.43. The Morgan fingerprint density at radius 3 is 1.93 bits per heavy atom. The molecular formula is C9H12ClNO3. The lowest BCUT2D eigenvalue weighted by atomic mass is 10.2. The van der Waals surface area contributed by atoms with Gasteiger partial charge in [-0.05, 0) is 6.07 Å². The average Bonchev–Trinajstić information content (AvgIpc) is 2.16. The van der Waals surface area contributed by atoms with Crippen molar-refractivity contribution in [2.75, 3.05) is 27.1 Å². The summed E-state index contributed by atoms with van der Waals surface area (Å²) in [5, 5.41) is 0.391. The highest BCUT2D eigenvalue weighted by Gasteiger charge is 2.17. The maximum atomic E-state index is 5.90. The number of rotatable bonds is 3. The molecule has 0 heterocycles. The first-order chi connectivity index (χ1) is 6.65. The summed E-state index contributed by atoms with van der Waals surface area (Å²) in [6.07, 6.45) is 0. The van der Waals surface area contributed by atoms with Gasteiger partial charge in [0.2, 0.25) is 5.75 Å². The highest BCUT2D eigenvalue weighted by atomic mass is 35.5. The Labute approximate surface area is 87.5 Å². The molecule has 0 amide bonds. The van der Waals surface area contributed by atoms with Crippen LogP contribution in [-0.4, -0.2) is 21.3 Å². The van der Waals surface area contributed by atoms with Gasteiger partial charge in [0.15, 0.2) is 11.5 Å². The zero-order chi connectivity index (χ0) is 10.7. The molecule has 2 N–H and O–H groups in total. The van der Waals surface area contributed by atoms with Gasteiger partial charge in [-0.2, -0.15) is 0 Å². The molecule has 0 bridgehead atoms. The SMILES string of the molecule is COc1c(N)cc(Cl)c(OC)c1OC. The van der Waals surface area contributed by atoms with E-state index >= 15 is 0 Å². The third-order valence-electron chi connectivity index (χ3n) is 1.79. The Kier molecular flexibility index (Phi) is 3.30. The Morgan fingerprint density at radius 2 is 1.50 bits per heavy atom. The van der Waals surface area contributed by atoms with Crippen LogP contribution in [0.25, 0.3) is 0 Å². The highest BCUT2D eigenvalue weighted by Crippen LogP contribution is 2.45. The monoisotopic (exact) mass is 217 g/mol. The quantitative estimate of drug-likeness (QED) is 0.787. The molecular weight excluding hydrogens is 206 g/mol. The van der Waals surface area contributed by atoms with E-state index in [0.29, 0.717) is 28.0 Å². The van der Waals surface area contributed by atoms with Gasteiger partial charge in [0, 0.05) is 0 Å². The molecule has 0 unspecified atom stereocenters. The number of ether oxygens (including phenoxy) is 3. The fraction of sp³-hybridized carbons (Fsp3) is 0.333. The molecule has 0 aliphatic carbocycles. The molecule has 0 saturated carbocycles. The summed E-state index contributed by atoms with van der Waals surface area (Å²) in [5.41, 5.74) is 6.10. The smallest absolute Gasteiger partial charge is 0.207 e. The number of methoxy groups -OCH3 is 3. The van der Waals surface area contributed by atoms with Crippen molar-refractivity contribution >= 4 is 17.3 Å². The van der Waals surface area contributed by atoms with Gasteiger partial charge in [-0.15, -0.1) is 0 Å². The minimum atomic E-state index is 0.391.